The molecule has 1 heterocycles. The Morgan fingerprint density at radius 2 is 1.06 bits per heavy atom. The van der Waals surface area contributed by atoms with Gasteiger partial charge in [-0.1, -0.05) is 0 Å². The average Bonchev–Trinajstić information content (AvgIpc) is 2.29. The summed E-state index contributed by atoms with van der Waals surface area (Å²) in [6.07, 6.45) is 0. The molecule has 3 nitrogen and oxygen atoms in total. The quantitative estimate of drug-likeness (QED) is 0.692. The van der Waals surface area contributed by atoms with E-state index < -0.39 is 16.4 Å². The molecule has 0 aliphatic carbocycles. The molecule has 0 unspecified atom stereocenters. The van der Waals surface area contributed by atoms with Crippen molar-refractivity contribution in [1.82, 2.24) is 0 Å². The minimum absolute atomic E-state index is 0.644. The van der Waals surface area contributed by atoms with Crippen LogP contribution in [0.1, 0.15) is 0 Å². The average molecular weight is 275 g/mol. The Morgan fingerprint density at radius 1 is 0.625 bits per heavy atom. The van der Waals surface area contributed by atoms with Crippen LogP contribution in [-0.2, 0) is 0 Å². The summed E-state index contributed by atoms with van der Waals surface area (Å²) in [6.45, 7) is 0. The molecule has 0 atom stereocenters. The zero-order valence-corrected chi connectivity index (χ0v) is 10.2. The van der Waals surface area contributed by atoms with Crippen LogP contribution < -0.4 is 12.2 Å². The zero-order valence-electron chi connectivity index (χ0n) is 8.29. The van der Waals surface area contributed by atoms with Crippen LogP contribution in [-0.4, -0.2) is 16.4 Å². The second kappa shape index (κ2) is 4.11. The molecular formula is C12H8AsO3. The molecule has 4 heteroatoms. The Kier molecular flexibility index (Phi) is 2.47. The van der Waals surface area contributed by atoms with E-state index in [1.54, 1.807) is 0 Å². The molecule has 0 saturated heterocycles. The van der Waals surface area contributed by atoms with E-state index in [0.717, 1.165) is 23.0 Å². The van der Waals surface area contributed by atoms with Gasteiger partial charge in [0.25, 0.3) is 0 Å². The van der Waals surface area contributed by atoms with Crippen LogP contribution in [0, 0.1) is 0 Å². The fraction of sp³-hybridized carbons (Fsp3) is 0. The first kappa shape index (κ1) is 9.61. The summed E-state index contributed by atoms with van der Waals surface area (Å²) in [4.78, 5) is 0. The number of ether oxygens (including phenoxy) is 1. The van der Waals surface area contributed by atoms with Crippen molar-refractivity contribution in [3.8, 4) is 23.0 Å². The predicted octanol–water partition coefficient (Wildman–Crippen LogP) is 2.78. The van der Waals surface area contributed by atoms with Crippen LogP contribution in [0.2, 0.25) is 0 Å². The van der Waals surface area contributed by atoms with Crippen molar-refractivity contribution in [3.63, 3.8) is 0 Å². The Morgan fingerprint density at radius 3 is 1.56 bits per heavy atom. The molecule has 0 saturated carbocycles. The molecule has 0 N–H and O–H groups in total. The van der Waals surface area contributed by atoms with E-state index >= 15 is 0 Å². The number of rotatable bonds is 0. The van der Waals surface area contributed by atoms with Crippen LogP contribution in [0.4, 0.5) is 0 Å². The molecule has 0 bridgehead atoms. The van der Waals surface area contributed by atoms with Crippen LogP contribution in [0.5, 0.6) is 23.0 Å². The first-order valence-electron chi connectivity index (χ1n) is 4.84. The Balaban J connectivity index is 2.06. The molecule has 0 spiro atoms. The summed E-state index contributed by atoms with van der Waals surface area (Å²) in [5, 5.41) is 0. The number of benzene rings is 2. The van der Waals surface area contributed by atoms with Gasteiger partial charge in [-0.15, -0.1) is 0 Å². The normalized spacial score (nSPS) is 13.0. The summed E-state index contributed by atoms with van der Waals surface area (Å²) < 4.78 is 16.8. The molecule has 2 aromatic carbocycles. The van der Waals surface area contributed by atoms with Gasteiger partial charge in [-0.3, -0.25) is 0 Å². The maximum absolute atomic E-state index is 5.75. The Hall–Kier alpha value is -1.60. The van der Waals surface area contributed by atoms with E-state index in [0.29, 0.717) is 0 Å². The molecule has 1 radical (unpaired) electrons. The predicted molar refractivity (Wildman–Crippen MR) is 60.0 cm³/mol. The van der Waals surface area contributed by atoms with Gasteiger partial charge in [-0.05, 0) is 0 Å². The molecule has 16 heavy (non-hydrogen) atoms. The van der Waals surface area contributed by atoms with Crippen molar-refractivity contribution in [2.45, 2.75) is 0 Å². The van der Waals surface area contributed by atoms with Gasteiger partial charge in [-0.2, -0.15) is 0 Å². The van der Waals surface area contributed by atoms with Crippen molar-refractivity contribution in [3.05, 3.63) is 48.5 Å². The van der Waals surface area contributed by atoms with Gasteiger partial charge in [0, 0.05) is 0 Å². The maximum atomic E-state index is 5.75. The van der Waals surface area contributed by atoms with Crippen molar-refractivity contribution in [2.24, 2.45) is 0 Å². The van der Waals surface area contributed by atoms with Crippen LogP contribution in [0.15, 0.2) is 48.5 Å². The zero-order chi connectivity index (χ0) is 10.8. The third-order valence-electron chi connectivity index (χ3n) is 2.19. The first-order chi connectivity index (χ1) is 7.93. The molecule has 0 amide bonds. The van der Waals surface area contributed by atoms with E-state index in [1.165, 1.54) is 0 Å². The summed E-state index contributed by atoms with van der Waals surface area (Å²) in [5.74, 6) is 2.93. The second-order valence-corrected chi connectivity index (χ2v) is 4.33. The molecular weight excluding hydrogens is 267 g/mol. The summed E-state index contributed by atoms with van der Waals surface area (Å²) >= 11 is -0.644. The number of fused-ring (bicyclic) bond motifs is 2. The monoisotopic (exact) mass is 275 g/mol. The van der Waals surface area contributed by atoms with Gasteiger partial charge in [0.15, 0.2) is 0 Å². The van der Waals surface area contributed by atoms with Crippen molar-refractivity contribution in [2.75, 3.05) is 0 Å². The minimum atomic E-state index is -0.644. The summed E-state index contributed by atoms with van der Waals surface area (Å²) in [5.41, 5.74) is 0. The summed E-state index contributed by atoms with van der Waals surface area (Å²) in [6, 6.07) is 15.2. The number of para-hydroxylation sites is 4. The van der Waals surface area contributed by atoms with Gasteiger partial charge in [0.2, 0.25) is 0 Å². The molecule has 2 aromatic rings. The van der Waals surface area contributed by atoms with Crippen molar-refractivity contribution in [1.29, 1.82) is 0 Å². The first-order valence-corrected chi connectivity index (χ1v) is 6.37. The van der Waals surface area contributed by atoms with E-state index in [1.807, 2.05) is 48.5 Å². The third-order valence-corrected chi connectivity index (χ3v) is 3.33. The van der Waals surface area contributed by atoms with E-state index in [9.17, 15) is 0 Å². The van der Waals surface area contributed by atoms with E-state index in [2.05, 4.69) is 0 Å². The fourth-order valence-corrected chi connectivity index (χ4v) is 2.49. The fourth-order valence-electron chi connectivity index (χ4n) is 1.44. The number of hydrogen-bond donors (Lipinski definition) is 0. The third kappa shape index (κ3) is 1.74. The summed E-state index contributed by atoms with van der Waals surface area (Å²) in [7, 11) is 0. The Bertz CT molecular complexity index is 468. The van der Waals surface area contributed by atoms with E-state index in [-0.39, 0.29) is 0 Å². The van der Waals surface area contributed by atoms with Gasteiger partial charge in [0.1, 0.15) is 0 Å². The van der Waals surface area contributed by atoms with Gasteiger partial charge in [-0.25, -0.2) is 0 Å². The topological polar surface area (TPSA) is 27.7 Å². The van der Waals surface area contributed by atoms with Gasteiger partial charge >= 0.3 is 100 Å². The molecule has 0 aromatic heterocycles. The molecule has 0 fully saturated rings. The SMILES string of the molecule is c1ccc2c(c1)O[As]Oc1ccccc1O2. The van der Waals surface area contributed by atoms with Crippen LogP contribution in [0.25, 0.3) is 0 Å². The molecule has 3 rings (SSSR count). The Labute approximate surface area is 100 Å². The molecule has 1 aliphatic heterocycles. The second-order valence-electron chi connectivity index (χ2n) is 3.25. The van der Waals surface area contributed by atoms with Gasteiger partial charge in [0.05, 0.1) is 0 Å². The molecule has 79 valence electrons. The molecule has 1 aliphatic rings. The van der Waals surface area contributed by atoms with Crippen LogP contribution >= 0.6 is 0 Å². The number of hydrogen-bond acceptors (Lipinski definition) is 3. The van der Waals surface area contributed by atoms with Gasteiger partial charge < -0.3 is 0 Å². The van der Waals surface area contributed by atoms with E-state index in [4.69, 9.17) is 12.2 Å². The van der Waals surface area contributed by atoms with Crippen LogP contribution in [0.3, 0.4) is 0 Å². The standard InChI is InChI=1S/C12H8AsO3/c1-3-7-11-9(5-1)14-10-6-2-4-8-12(10)16-13-15-11/h1-8H. The van der Waals surface area contributed by atoms with Crippen molar-refractivity contribution >= 4 is 16.4 Å². The van der Waals surface area contributed by atoms with Crippen molar-refractivity contribution < 1.29 is 12.2 Å².